The lowest BCUT2D eigenvalue weighted by atomic mass is 9.94. The number of imidazole rings is 1. The van der Waals surface area contributed by atoms with E-state index >= 15 is 0 Å². The molecular weight excluding hydrogens is 441 g/mol. The van der Waals surface area contributed by atoms with Crippen LogP contribution in [0.4, 0.5) is 9.18 Å². The molecule has 0 radical (unpaired) electrons. The van der Waals surface area contributed by atoms with Crippen LogP contribution in [-0.4, -0.2) is 48.8 Å². The molecule has 3 aromatic heterocycles. The van der Waals surface area contributed by atoms with E-state index in [1.807, 2.05) is 27.7 Å². The monoisotopic (exact) mass is 469 g/mol. The van der Waals surface area contributed by atoms with Gasteiger partial charge in [-0.2, -0.15) is 5.10 Å². The number of ether oxygens (including phenoxy) is 1. The summed E-state index contributed by atoms with van der Waals surface area (Å²) in [5, 5.41) is 5.23. The Morgan fingerprint density at radius 1 is 1.21 bits per heavy atom. The maximum Gasteiger partial charge on any atom is 0.410 e. The van der Waals surface area contributed by atoms with Crippen LogP contribution in [0.3, 0.4) is 0 Å². The van der Waals surface area contributed by atoms with E-state index in [1.165, 1.54) is 4.68 Å². The Morgan fingerprint density at radius 3 is 2.64 bits per heavy atom. The second-order valence-electron chi connectivity index (χ2n) is 9.71. The van der Waals surface area contributed by atoms with Crippen molar-refractivity contribution < 1.29 is 13.9 Å². The Kier molecular flexibility index (Phi) is 5.39. The van der Waals surface area contributed by atoms with Crippen molar-refractivity contribution in [2.45, 2.75) is 58.9 Å². The summed E-state index contributed by atoms with van der Waals surface area (Å²) in [5.74, 6) is 0.337. The van der Waals surface area contributed by atoms with Crippen LogP contribution in [0.25, 0.3) is 26.3 Å². The maximum atomic E-state index is 13.0. The minimum absolute atomic E-state index is 0.235. The Morgan fingerprint density at radius 2 is 1.97 bits per heavy atom. The van der Waals surface area contributed by atoms with E-state index in [9.17, 15) is 9.18 Å². The molecule has 1 aromatic carbocycles. The Bertz CT molecular complexity index is 1290. The molecule has 0 bridgehead atoms. The van der Waals surface area contributed by atoms with Gasteiger partial charge in [0.1, 0.15) is 5.60 Å². The SMILES string of the molecule is Cc1cc(-c2cn3cc(C4CCN(C(=O)OC(C)(C)C)CC4)nc3s2)cc2cn(CF)nc12. The van der Waals surface area contributed by atoms with Gasteiger partial charge in [-0.1, -0.05) is 11.3 Å². The number of piperidine rings is 1. The van der Waals surface area contributed by atoms with Crippen molar-refractivity contribution in [1.29, 1.82) is 0 Å². The van der Waals surface area contributed by atoms with E-state index in [2.05, 4.69) is 34.0 Å². The van der Waals surface area contributed by atoms with Gasteiger partial charge in [0.05, 0.1) is 16.1 Å². The molecule has 0 atom stereocenters. The minimum Gasteiger partial charge on any atom is -0.444 e. The molecule has 9 heteroatoms. The summed E-state index contributed by atoms with van der Waals surface area (Å²) in [6.07, 6.45) is 7.48. The normalized spacial score (nSPS) is 15.6. The Balaban J connectivity index is 1.31. The molecule has 1 aliphatic heterocycles. The third-order valence-electron chi connectivity index (χ3n) is 5.99. The number of fused-ring (bicyclic) bond motifs is 2. The number of carbonyl (C=O) groups excluding carboxylic acids is 1. The fraction of sp³-hybridized carbons (Fsp3) is 0.458. The van der Waals surface area contributed by atoms with Gasteiger partial charge >= 0.3 is 6.09 Å². The first-order valence-corrected chi connectivity index (χ1v) is 12.0. The Labute approximate surface area is 195 Å². The van der Waals surface area contributed by atoms with Gasteiger partial charge in [-0.05, 0) is 63.8 Å². The summed E-state index contributed by atoms with van der Waals surface area (Å²) in [7, 11) is 0. The average Bonchev–Trinajstić information content (AvgIpc) is 3.45. The molecule has 5 rings (SSSR count). The number of aromatic nitrogens is 4. The first-order valence-electron chi connectivity index (χ1n) is 11.2. The number of alkyl halides is 1. The molecule has 174 valence electrons. The lowest BCUT2D eigenvalue weighted by molar-refractivity contribution is 0.0204. The predicted octanol–water partition coefficient (Wildman–Crippen LogP) is 5.76. The number of nitrogens with zero attached hydrogens (tertiary/aromatic N) is 5. The number of likely N-dealkylation sites (tertiary alicyclic amines) is 1. The predicted molar refractivity (Wildman–Crippen MR) is 127 cm³/mol. The van der Waals surface area contributed by atoms with Crippen molar-refractivity contribution in [3.05, 3.63) is 42.0 Å². The number of benzene rings is 1. The fourth-order valence-electron chi connectivity index (χ4n) is 4.39. The maximum absolute atomic E-state index is 13.0. The third kappa shape index (κ3) is 4.34. The summed E-state index contributed by atoms with van der Waals surface area (Å²) in [6.45, 7) is 8.40. The number of hydrogen-bond acceptors (Lipinski definition) is 5. The van der Waals surface area contributed by atoms with E-state index in [0.29, 0.717) is 19.0 Å². The van der Waals surface area contributed by atoms with Crippen LogP contribution < -0.4 is 0 Å². The molecule has 0 N–H and O–H groups in total. The van der Waals surface area contributed by atoms with Crippen LogP contribution in [0.2, 0.25) is 0 Å². The molecule has 7 nitrogen and oxygen atoms in total. The molecule has 0 aliphatic carbocycles. The fourth-order valence-corrected chi connectivity index (χ4v) is 5.35. The van der Waals surface area contributed by atoms with Gasteiger partial charge in [0.25, 0.3) is 0 Å². The Hall–Kier alpha value is -2.94. The number of rotatable bonds is 3. The van der Waals surface area contributed by atoms with Crippen molar-refractivity contribution in [2.24, 2.45) is 0 Å². The number of hydrogen-bond donors (Lipinski definition) is 0. The van der Waals surface area contributed by atoms with Crippen molar-refractivity contribution in [1.82, 2.24) is 24.1 Å². The van der Waals surface area contributed by atoms with Crippen LogP contribution in [0.1, 0.15) is 50.8 Å². The van der Waals surface area contributed by atoms with Crippen molar-refractivity contribution in [3.8, 4) is 10.4 Å². The highest BCUT2D eigenvalue weighted by atomic mass is 32.1. The first kappa shape index (κ1) is 21.9. The second kappa shape index (κ2) is 8.13. The summed E-state index contributed by atoms with van der Waals surface area (Å²) in [4.78, 5) is 21.1. The van der Waals surface area contributed by atoms with Gasteiger partial charge in [-0.25, -0.2) is 18.9 Å². The molecule has 33 heavy (non-hydrogen) atoms. The number of carbonyl (C=O) groups is 1. The zero-order chi connectivity index (χ0) is 23.3. The molecule has 4 heterocycles. The highest BCUT2D eigenvalue weighted by Gasteiger charge is 2.28. The molecule has 0 saturated carbocycles. The number of halogens is 1. The molecule has 0 spiro atoms. The number of aryl methyl sites for hydroxylation is 1. The standard InChI is InChI=1S/C24H28FN5O2S/c1-15-9-17(10-18-11-30(14-25)27-21(15)18)20-13-29-12-19(26-22(29)33-20)16-5-7-28(8-6-16)23(31)32-24(2,3)4/h9-13,16H,5-8,14H2,1-4H3. The van der Waals surface area contributed by atoms with Crippen LogP contribution in [0.5, 0.6) is 0 Å². The van der Waals surface area contributed by atoms with Crippen molar-refractivity contribution in [2.75, 3.05) is 13.1 Å². The van der Waals surface area contributed by atoms with Gasteiger partial charge in [0.15, 0.2) is 11.8 Å². The van der Waals surface area contributed by atoms with E-state index in [1.54, 1.807) is 22.4 Å². The largest absolute Gasteiger partial charge is 0.444 e. The second-order valence-corrected chi connectivity index (χ2v) is 10.7. The average molecular weight is 470 g/mol. The van der Waals surface area contributed by atoms with Crippen LogP contribution >= 0.6 is 11.3 Å². The molecular formula is C24H28FN5O2S. The van der Waals surface area contributed by atoms with Gasteiger partial charge in [-0.15, -0.1) is 0 Å². The van der Waals surface area contributed by atoms with Gasteiger partial charge < -0.3 is 9.64 Å². The topological polar surface area (TPSA) is 64.7 Å². The highest BCUT2D eigenvalue weighted by Crippen LogP contribution is 2.34. The number of thiazole rings is 1. The van der Waals surface area contributed by atoms with E-state index in [4.69, 9.17) is 9.72 Å². The van der Waals surface area contributed by atoms with E-state index in [0.717, 1.165) is 50.4 Å². The molecule has 1 aliphatic rings. The van der Waals surface area contributed by atoms with Gasteiger partial charge in [0, 0.05) is 43.0 Å². The van der Waals surface area contributed by atoms with Crippen LogP contribution in [-0.2, 0) is 11.5 Å². The van der Waals surface area contributed by atoms with Crippen molar-refractivity contribution in [3.63, 3.8) is 0 Å². The van der Waals surface area contributed by atoms with Gasteiger partial charge in [-0.3, -0.25) is 4.40 Å². The van der Waals surface area contributed by atoms with Crippen molar-refractivity contribution >= 4 is 33.3 Å². The molecule has 1 amide bonds. The minimum atomic E-state index is -0.629. The molecule has 0 unspecified atom stereocenters. The lowest BCUT2D eigenvalue weighted by Crippen LogP contribution is -2.41. The molecule has 1 fully saturated rings. The smallest absolute Gasteiger partial charge is 0.410 e. The zero-order valence-corrected chi connectivity index (χ0v) is 20.2. The van der Waals surface area contributed by atoms with Crippen LogP contribution in [0.15, 0.2) is 30.7 Å². The third-order valence-corrected chi connectivity index (χ3v) is 7.04. The molecule has 1 saturated heterocycles. The summed E-state index contributed by atoms with van der Waals surface area (Å²) in [6, 6.07) is 4.15. The quantitative estimate of drug-likeness (QED) is 0.383. The highest BCUT2D eigenvalue weighted by molar-refractivity contribution is 7.20. The summed E-state index contributed by atoms with van der Waals surface area (Å²) >= 11 is 1.64. The molecule has 4 aromatic rings. The number of amides is 1. The van der Waals surface area contributed by atoms with Crippen LogP contribution in [0, 0.1) is 6.92 Å². The van der Waals surface area contributed by atoms with E-state index < -0.39 is 12.4 Å². The summed E-state index contributed by atoms with van der Waals surface area (Å²) in [5.41, 5.74) is 3.54. The van der Waals surface area contributed by atoms with E-state index in [-0.39, 0.29) is 6.09 Å². The lowest BCUT2D eigenvalue weighted by Gasteiger charge is -2.32. The van der Waals surface area contributed by atoms with Gasteiger partial charge in [0.2, 0.25) is 0 Å². The summed E-state index contributed by atoms with van der Waals surface area (Å²) < 4.78 is 21.9. The zero-order valence-electron chi connectivity index (χ0n) is 19.3. The first-order chi connectivity index (χ1) is 15.7.